The Balaban J connectivity index is 3.08. The standard InChI is InChI=1S/C14H18N2O4/c1-9(18-2)14(17)16-11(8-15)10-6-5-7-12(19-3)13(10)20-4/h5-7,9,11H,1-4H3,(H,16,17)/t9-,11-/m0/s1. The monoisotopic (exact) mass is 278 g/mol. The number of hydrogen-bond donors (Lipinski definition) is 1. The first-order chi connectivity index (χ1) is 9.58. The van der Waals surface area contributed by atoms with Gasteiger partial charge >= 0.3 is 0 Å². The zero-order valence-corrected chi connectivity index (χ0v) is 12.0. The number of nitriles is 1. The second kappa shape index (κ2) is 7.36. The molecule has 6 heteroatoms. The average Bonchev–Trinajstić information content (AvgIpc) is 2.50. The van der Waals surface area contributed by atoms with Crippen LogP contribution in [0.1, 0.15) is 18.5 Å². The average molecular weight is 278 g/mol. The van der Waals surface area contributed by atoms with Gasteiger partial charge in [-0.25, -0.2) is 0 Å². The zero-order chi connectivity index (χ0) is 15.1. The van der Waals surface area contributed by atoms with Crippen molar-refractivity contribution in [1.29, 1.82) is 5.26 Å². The lowest BCUT2D eigenvalue weighted by Crippen LogP contribution is -2.36. The van der Waals surface area contributed by atoms with E-state index < -0.39 is 12.1 Å². The second-order valence-corrected chi connectivity index (χ2v) is 4.03. The van der Waals surface area contributed by atoms with Gasteiger partial charge in [0.25, 0.3) is 0 Å². The maximum absolute atomic E-state index is 11.8. The summed E-state index contributed by atoms with van der Waals surface area (Å²) in [7, 11) is 4.42. The van der Waals surface area contributed by atoms with E-state index in [0.29, 0.717) is 17.1 Å². The van der Waals surface area contributed by atoms with Gasteiger partial charge in [0.15, 0.2) is 11.5 Å². The highest BCUT2D eigenvalue weighted by atomic mass is 16.5. The molecule has 0 fully saturated rings. The fourth-order valence-corrected chi connectivity index (χ4v) is 1.69. The summed E-state index contributed by atoms with van der Waals surface area (Å²) >= 11 is 0. The van der Waals surface area contributed by atoms with Crippen molar-refractivity contribution in [2.24, 2.45) is 0 Å². The SMILES string of the molecule is COc1cccc([C@H](C#N)NC(=O)[C@H](C)OC)c1OC. The van der Waals surface area contributed by atoms with Gasteiger partial charge in [0.2, 0.25) is 5.91 Å². The number of hydrogen-bond acceptors (Lipinski definition) is 5. The number of nitrogens with one attached hydrogen (secondary N) is 1. The normalized spacial score (nSPS) is 12.9. The second-order valence-electron chi connectivity index (χ2n) is 4.03. The van der Waals surface area contributed by atoms with Gasteiger partial charge in [0, 0.05) is 12.7 Å². The molecule has 6 nitrogen and oxygen atoms in total. The fourth-order valence-electron chi connectivity index (χ4n) is 1.69. The molecule has 0 saturated carbocycles. The highest BCUT2D eigenvalue weighted by Crippen LogP contribution is 2.34. The van der Waals surface area contributed by atoms with Crippen molar-refractivity contribution in [2.45, 2.75) is 19.1 Å². The van der Waals surface area contributed by atoms with Crippen LogP contribution < -0.4 is 14.8 Å². The Hall–Kier alpha value is -2.26. The Morgan fingerprint density at radius 1 is 1.30 bits per heavy atom. The highest BCUT2D eigenvalue weighted by Gasteiger charge is 2.22. The first-order valence-corrected chi connectivity index (χ1v) is 6.02. The van der Waals surface area contributed by atoms with Gasteiger partial charge in [-0.2, -0.15) is 5.26 Å². The molecule has 1 amide bonds. The third kappa shape index (κ3) is 3.39. The minimum atomic E-state index is -0.842. The molecule has 108 valence electrons. The van der Waals surface area contributed by atoms with Crippen LogP contribution >= 0.6 is 0 Å². The van der Waals surface area contributed by atoms with Crippen LogP contribution in [0.5, 0.6) is 11.5 Å². The van der Waals surface area contributed by atoms with E-state index >= 15 is 0 Å². The molecule has 0 aliphatic heterocycles. The molecule has 2 atom stereocenters. The summed E-state index contributed by atoms with van der Waals surface area (Å²) in [6.07, 6.45) is -0.637. The number of nitrogens with zero attached hydrogens (tertiary/aromatic N) is 1. The molecular weight excluding hydrogens is 260 g/mol. The summed E-state index contributed by atoms with van der Waals surface area (Å²) < 4.78 is 15.4. The third-order valence-corrected chi connectivity index (χ3v) is 2.88. The Bertz CT molecular complexity index is 510. The lowest BCUT2D eigenvalue weighted by atomic mass is 10.1. The van der Waals surface area contributed by atoms with Crippen molar-refractivity contribution in [2.75, 3.05) is 21.3 Å². The van der Waals surface area contributed by atoms with Gasteiger partial charge < -0.3 is 19.5 Å². The van der Waals surface area contributed by atoms with Crippen LogP contribution in [0.2, 0.25) is 0 Å². The van der Waals surface area contributed by atoms with E-state index in [2.05, 4.69) is 5.32 Å². The predicted octanol–water partition coefficient (Wildman–Crippen LogP) is 1.42. The molecule has 1 N–H and O–H groups in total. The summed E-state index contributed by atoms with van der Waals surface area (Å²) in [5, 5.41) is 11.9. The maximum atomic E-state index is 11.8. The quantitative estimate of drug-likeness (QED) is 0.851. The topological polar surface area (TPSA) is 80.6 Å². The van der Waals surface area contributed by atoms with Crippen molar-refractivity contribution in [1.82, 2.24) is 5.32 Å². The fraction of sp³-hybridized carbons (Fsp3) is 0.429. The molecular formula is C14H18N2O4. The van der Waals surface area contributed by atoms with E-state index in [9.17, 15) is 10.1 Å². The van der Waals surface area contributed by atoms with Crippen LogP contribution in [-0.2, 0) is 9.53 Å². The van der Waals surface area contributed by atoms with Crippen molar-refractivity contribution >= 4 is 5.91 Å². The highest BCUT2D eigenvalue weighted by molar-refractivity contribution is 5.81. The molecule has 1 aromatic carbocycles. The molecule has 0 radical (unpaired) electrons. The zero-order valence-electron chi connectivity index (χ0n) is 12.0. The number of ether oxygens (including phenoxy) is 3. The largest absolute Gasteiger partial charge is 0.493 e. The van der Waals surface area contributed by atoms with E-state index in [1.807, 2.05) is 6.07 Å². The van der Waals surface area contributed by atoms with Gasteiger partial charge in [-0.1, -0.05) is 12.1 Å². The smallest absolute Gasteiger partial charge is 0.250 e. The summed E-state index contributed by atoms with van der Waals surface area (Å²) in [6, 6.07) is 6.34. The molecule has 0 aromatic heterocycles. The number of amides is 1. The first-order valence-electron chi connectivity index (χ1n) is 6.02. The molecule has 0 aliphatic rings. The molecule has 0 saturated heterocycles. The Morgan fingerprint density at radius 2 is 2.00 bits per heavy atom. The lowest BCUT2D eigenvalue weighted by molar-refractivity contribution is -0.130. The van der Waals surface area contributed by atoms with Crippen molar-refractivity contribution in [3.63, 3.8) is 0 Å². The van der Waals surface area contributed by atoms with Crippen molar-refractivity contribution < 1.29 is 19.0 Å². The summed E-state index contributed by atoms with van der Waals surface area (Å²) in [5.74, 6) is 0.551. The molecule has 1 aromatic rings. The number of benzene rings is 1. The Kier molecular flexibility index (Phi) is 5.81. The minimum absolute atomic E-state index is 0.371. The summed E-state index contributed by atoms with van der Waals surface area (Å²) in [4.78, 5) is 11.8. The Morgan fingerprint density at radius 3 is 2.50 bits per heavy atom. The number of methoxy groups -OCH3 is 3. The molecule has 0 bridgehead atoms. The van der Waals surface area contributed by atoms with Crippen molar-refractivity contribution in [3.8, 4) is 17.6 Å². The molecule has 1 rings (SSSR count). The molecule has 0 heterocycles. The van der Waals surface area contributed by atoms with E-state index in [1.165, 1.54) is 21.3 Å². The van der Waals surface area contributed by atoms with Crippen LogP contribution in [0.25, 0.3) is 0 Å². The summed E-state index contributed by atoms with van der Waals surface area (Å²) in [6.45, 7) is 1.60. The van der Waals surface area contributed by atoms with Crippen LogP contribution in [0.15, 0.2) is 18.2 Å². The molecule has 20 heavy (non-hydrogen) atoms. The van der Waals surface area contributed by atoms with Gasteiger partial charge in [-0.15, -0.1) is 0 Å². The first kappa shape index (κ1) is 15.8. The van der Waals surface area contributed by atoms with Crippen molar-refractivity contribution in [3.05, 3.63) is 23.8 Å². The van der Waals surface area contributed by atoms with Gasteiger partial charge in [-0.3, -0.25) is 4.79 Å². The number of rotatable bonds is 6. The third-order valence-electron chi connectivity index (χ3n) is 2.88. The van der Waals surface area contributed by atoms with E-state index in [1.54, 1.807) is 25.1 Å². The number of carbonyl (C=O) groups excluding carboxylic acids is 1. The molecule has 0 unspecified atom stereocenters. The van der Waals surface area contributed by atoms with Gasteiger partial charge in [-0.05, 0) is 13.0 Å². The van der Waals surface area contributed by atoms with E-state index in [-0.39, 0.29) is 5.91 Å². The van der Waals surface area contributed by atoms with Gasteiger partial charge in [0.05, 0.1) is 20.3 Å². The maximum Gasteiger partial charge on any atom is 0.250 e. The van der Waals surface area contributed by atoms with Crippen LogP contribution in [-0.4, -0.2) is 33.3 Å². The molecule has 0 spiro atoms. The Labute approximate surface area is 118 Å². The van der Waals surface area contributed by atoms with Crippen LogP contribution in [0.4, 0.5) is 0 Å². The van der Waals surface area contributed by atoms with Gasteiger partial charge in [0.1, 0.15) is 12.1 Å². The van der Waals surface area contributed by atoms with E-state index in [4.69, 9.17) is 14.2 Å². The lowest BCUT2D eigenvalue weighted by Gasteiger charge is -2.18. The minimum Gasteiger partial charge on any atom is -0.493 e. The van der Waals surface area contributed by atoms with E-state index in [0.717, 1.165) is 0 Å². The molecule has 0 aliphatic carbocycles. The number of carbonyl (C=O) groups is 1. The summed E-state index contributed by atoms with van der Waals surface area (Å²) in [5.41, 5.74) is 0.533. The predicted molar refractivity (Wildman–Crippen MR) is 72.5 cm³/mol. The van der Waals surface area contributed by atoms with Crippen LogP contribution in [0.3, 0.4) is 0 Å². The number of para-hydroxylation sites is 1. The van der Waals surface area contributed by atoms with Crippen LogP contribution in [0, 0.1) is 11.3 Å².